The maximum absolute atomic E-state index is 15.1. The van der Waals surface area contributed by atoms with E-state index in [-0.39, 0.29) is 40.4 Å². The summed E-state index contributed by atoms with van der Waals surface area (Å²) in [6, 6.07) is 6.75. The van der Waals surface area contributed by atoms with Crippen LogP contribution in [0.1, 0.15) is 12.5 Å². The minimum atomic E-state index is -3.62. The second-order valence-corrected chi connectivity index (χ2v) is 9.16. The zero-order chi connectivity index (χ0) is 20.5. The van der Waals surface area contributed by atoms with Gasteiger partial charge >= 0.3 is 0 Å². The van der Waals surface area contributed by atoms with Gasteiger partial charge in [-0.2, -0.15) is 0 Å². The van der Waals surface area contributed by atoms with Gasteiger partial charge in [-0.1, -0.05) is 29.8 Å². The molecule has 0 spiro atoms. The van der Waals surface area contributed by atoms with Crippen molar-refractivity contribution in [3.05, 3.63) is 58.6 Å². The van der Waals surface area contributed by atoms with Crippen LogP contribution in [0.4, 0.5) is 13.2 Å². The molecule has 0 saturated carbocycles. The van der Waals surface area contributed by atoms with Crippen LogP contribution in [0.5, 0.6) is 0 Å². The Balaban J connectivity index is 1.90. The highest BCUT2D eigenvalue weighted by Gasteiger charge is 2.38. The van der Waals surface area contributed by atoms with Crippen LogP contribution in [-0.4, -0.2) is 39.0 Å². The SMILES string of the molecule is CCS(=O)(=O)N[C@@H]1[C@H](Cc2cccc(-c3cc(Cl)ccc3F)c2F)NC[C@@H]1F. The van der Waals surface area contributed by atoms with Crippen LogP contribution in [0.15, 0.2) is 36.4 Å². The molecule has 3 rings (SSSR count). The van der Waals surface area contributed by atoms with Gasteiger partial charge in [0.15, 0.2) is 0 Å². The Morgan fingerprint density at radius 3 is 2.68 bits per heavy atom. The van der Waals surface area contributed by atoms with E-state index in [0.29, 0.717) is 0 Å². The minimum absolute atomic E-state index is 0.0258. The average Bonchev–Trinajstić information content (AvgIpc) is 2.98. The lowest BCUT2D eigenvalue weighted by Gasteiger charge is -2.22. The molecule has 28 heavy (non-hydrogen) atoms. The lowest BCUT2D eigenvalue weighted by Crippen LogP contribution is -2.48. The largest absolute Gasteiger partial charge is 0.309 e. The van der Waals surface area contributed by atoms with Crippen LogP contribution >= 0.6 is 11.6 Å². The smallest absolute Gasteiger partial charge is 0.211 e. The molecule has 0 aliphatic carbocycles. The summed E-state index contributed by atoms with van der Waals surface area (Å²) in [4.78, 5) is 0. The Labute approximate surface area is 167 Å². The summed E-state index contributed by atoms with van der Waals surface area (Å²) in [5, 5.41) is 3.17. The highest BCUT2D eigenvalue weighted by Crippen LogP contribution is 2.30. The molecule has 1 aliphatic rings. The number of benzene rings is 2. The summed E-state index contributed by atoms with van der Waals surface area (Å²) in [7, 11) is -3.62. The van der Waals surface area contributed by atoms with Crippen molar-refractivity contribution in [3.8, 4) is 11.1 Å². The first-order valence-corrected chi connectivity index (χ1v) is 10.8. The van der Waals surface area contributed by atoms with E-state index in [1.54, 1.807) is 6.07 Å². The number of hydrogen-bond acceptors (Lipinski definition) is 3. The van der Waals surface area contributed by atoms with E-state index in [1.807, 2.05) is 0 Å². The van der Waals surface area contributed by atoms with Gasteiger partial charge in [-0.15, -0.1) is 0 Å². The molecule has 0 amide bonds. The lowest BCUT2D eigenvalue weighted by atomic mass is 9.96. The van der Waals surface area contributed by atoms with Crippen molar-refractivity contribution < 1.29 is 21.6 Å². The van der Waals surface area contributed by atoms with Gasteiger partial charge in [0.05, 0.1) is 11.8 Å². The van der Waals surface area contributed by atoms with Crippen LogP contribution in [0.25, 0.3) is 11.1 Å². The molecule has 2 aromatic carbocycles. The fraction of sp³-hybridized carbons (Fsp3) is 0.368. The van der Waals surface area contributed by atoms with Gasteiger partial charge in [0.25, 0.3) is 0 Å². The quantitative estimate of drug-likeness (QED) is 0.735. The molecule has 3 atom stereocenters. The second-order valence-electron chi connectivity index (χ2n) is 6.68. The number of halogens is 4. The summed E-state index contributed by atoms with van der Waals surface area (Å²) >= 11 is 5.90. The Morgan fingerprint density at radius 2 is 1.96 bits per heavy atom. The maximum Gasteiger partial charge on any atom is 0.211 e. The van der Waals surface area contributed by atoms with Crippen molar-refractivity contribution in [2.24, 2.45) is 0 Å². The summed E-state index contributed by atoms with van der Waals surface area (Å²) < 4.78 is 69.5. The predicted molar refractivity (Wildman–Crippen MR) is 104 cm³/mol. The Morgan fingerprint density at radius 1 is 1.21 bits per heavy atom. The molecule has 152 valence electrons. The molecule has 1 fully saturated rings. The normalized spacial score (nSPS) is 22.5. The summed E-state index contributed by atoms with van der Waals surface area (Å²) in [6.07, 6.45) is -1.39. The van der Waals surface area contributed by atoms with Gasteiger partial charge < -0.3 is 5.32 Å². The topological polar surface area (TPSA) is 58.2 Å². The van der Waals surface area contributed by atoms with Crippen LogP contribution in [-0.2, 0) is 16.4 Å². The first-order chi connectivity index (χ1) is 13.2. The lowest BCUT2D eigenvalue weighted by molar-refractivity contribution is 0.304. The van der Waals surface area contributed by atoms with Gasteiger partial charge in [0, 0.05) is 28.7 Å². The van der Waals surface area contributed by atoms with E-state index in [1.165, 1.54) is 31.2 Å². The van der Waals surface area contributed by atoms with Crippen molar-refractivity contribution in [2.45, 2.75) is 31.6 Å². The maximum atomic E-state index is 15.1. The minimum Gasteiger partial charge on any atom is -0.309 e. The summed E-state index contributed by atoms with van der Waals surface area (Å²) in [5.74, 6) is -1.44. The van der Waals surface area contributed by atoms with E-state index in [2.05, 4.69) is 10.0 Å². The number of alkyl halides is 1. The molecule has 2 N–H and O–H groups in total. The molecule has 1 heterocycles. The summed E-state index contributed by atoms with van der Waals surface area (Å²) in [6.45, 7) is 1.42. The standard InChI is InChI=1S/C19H20ClF3N2O2S/c1-2-28(26,27)25-19-16(22)10-24-17(19)8-11-4-3-5-13(18(11)23)14-9-12(20)6-7-15(14)21/h3-7,9,16-17,19,24-25H,2,8,10H2,1H3/t16-,17-,19-/m0/s1. The van der Waals surface area contributed by atoms with Crippen LogP contribution in [0, 0.1) is 11.6 Å². The third kappa shape index (κ3) is 4.51. The van der Waals surface area contributed by atoms with Gasteiger partial charge in [-0.05, 0) is 37.1 Å². The van der Waals surface area contributed by atoms with E-state index < -0.39 is 39.9 Å². The molecular formula is C19H20ClF3N2O2S. The van der Waals surface area contributed by atoms with Gasteiger partial charge in [0.1, 0.15) is 17.8 Å². The fourth-order valence-electron chi connectivity index (χ4n) is 3.30. The average molecular weight is 433 g/mol. The second kappa shape index (κ2) is 8.41. The first kappa shape index (κ1) is 21.1. The highest BCUT2D eigenvalue weighted by molar-refractivity contribution is 7.89. The van der Waals surface area contributed by atoms with Crippen molar-refractivity contribution in [2.75, 3.05) is 12.3 Å². The number of sulfonamides is 1. The molecular weight excluding hydrogens is 413 g/mol. The van der Waals surface area contributed by atoms with Gasteiger partial charge in [-0.3, -0.25) is 0 Å². The van der Waals surface area contributed by atoms with E-state index >= 15 is 4.39 Å². The third-order valence-corrected chi connectivity index (χ3v) is 6.46. The number of rotatable bonds is 6. The molecule has 2 aromatic rings. The van der Waals surface area contributed by atoms with Crippen LogP contribution < -0.4 is 10.0 Å². The Kier molecular flexibility index (Phi) is 6.34. The van der Waals surface area contributed by atoms with Crippen LogP contribution in [0.2, 0.25) is 5.02 Å². The van der Waals surface area contributed by atoms with E-state index in [4.69, 9.17) is 11.6 Å². The molecule has 9 heteroatoms. The number of nitrogens with one attached hydrogen (secondary N) is 2. The van der Waals surface area contributed by atoms with Gasteiger partial charge in [-0.25, -0.2) is 26.3 Å². The third-order valence-electron chi connectivity index (χ3n) is 4.83. The Hall–Kier alpha value is -1.61. The van der Waals surface area contributed by atoms with Crippen molar-refractivity contribution >= 4 is 21.6 Å². The first-order valence-electron chi connectivity index (χ1n) is 8.82. The summed E-state index contributed by atoms with van der Waals surface area (Å²) in [5.41, 5.74) is 0.292. The monoisotopic (exact) mass is 432 g/mol. The van der Waals surface area contributed by atoms with Crippen LogP contribution in [0.3, 0.4) is 0 Å². The van der Waals surface area contributed by atoms with E-state index in [9.17, 15) is 17.2 Å². The molecule has 1 saturated heterocycles. The van der Waals surface area contributed by atoms with Crippen molar-refractivity contribution in [3.63, 3.8) is 0 Å². The number of hydrogen-bond donors (Lipinski definition) is 2. The highest BCUT2D eigenvalue weighted by atomic mass is 35.5. The molecule has 0 unspecified atom stereocenters. The molecule has 0 aromatic heterocycles. The van der Waals surface area contributed by atoms with E-state index in [0.717, 1.165) is 6.07 Å². The Bertz CT molecular complexity index is 972. The fourth-order valence-corrected chi connectivity index (χ4v) is 4.37. The van der Waals surface area contributed by atoms with Crippen molar-refractivity contribution in [1.82, 2.24) is 10.0 Å². The zero-order valence-electron chi connectivity index (χ0n) is 15.1. The molecule has 0 bridgehead atoms. The molecule has 1 aliphatic heterocycles. The van der Waals surface area contributed by atoms with Gasteiger partial charge in [0.2, 0.25) is 10.0 Å². The van der Waals surface area contributed by atoms with Crippen molar-refractivity contribution in [1.29, 1.82) is 0 Å². The predicted octanol–water partition coefficient (Wildman–Crippen LogP) is 3.45. The molecule has 4 nitrogen and oxygen atoms in total. The molecule has 0 radical (unpaired) electrons. The zero-order valence-corrected chi connectivity index (χ0v) is 16.6.